The second-order valence-corrected chi connectivity index (χ2v) is 6.57. The lowest BCUT2D eigenvalue weighted by molar-refractivity contribution is -0.150. The standard InChI is InChI=1S/C22H20N2O6/c1-14(17-8-9-19-20(10-17)28-13-27-19)24-29-12-21(25)26-11-18-15(2)30-22(23-18)16-6-4-3-5-7-16/h3-10H,11-13H2,1-2H3/b24-14+. The Balaban J connectivity index is 1.28. The minimum atomic E-state index is -0.555. The number of esters is 1. The van der Waals surface area contributed by atoms with Gasteiger partial charge in [-0.15, -0.1) is 0 Å². The van der Waals surface area contributed by atoms with Crippen LogP contribution in [-0.4, -0.2) is 30.1 Å². The van der Waals surface area contributed by atoms with E-state index in [9.17, 15) is 4.79 Å². The zero-order chi connectivity index (χ0) is 20.9. The summed E-state index contributed by atoms with van der Waals surface area (Å²) in [5, 5.41) is 3.96. The number of nitrogens with zero attached hydrogens (tertiary/aromatic N) is 2. The SMILES string of the molecule is C/C(=N\OCC(=O)OCc1nc(-c2ccccc2)oc1C)c1ccc2c(c1)OCO2. The van der Waals surface area contributed by atoms with Gasteiger partial charge < -0.3 is 23.5 Å². The molecular weight excluding hydrogens is 388 g/mol. The quantitative estimate of drug-likeness (QED) is 0.333. The molecule has 3 aromatic rings. The van der Waals surface area contributed by atoms with E-state index in [1.807, 2.05) is 36.4 Å². The smallest absolute Gasteiger partial charge is 0.347 e. The summed E-state index contributed by atoms with van der Waals surface area (Å²) in [6, 6.07) is 15.0. The number of carbonyl (C=O) groups excluding carboxylic acids is 1. The maximum absolute atomic E-state index is 12.0. The van der Waals surface area contributed by atoms with Gasteiger partial charge in [0.05, 0.1) is 5.71 Å². The van der Waals surface area contributed by atoms with E-state index >= 15 is 0 Å². The van der Waals surface area contributed by atoms with Crippen molar-refractivity contribution < 1.29 is 28.3 Å². The van der Waals surface area contributed by atoms with Crippen molar-refractivity contribution in [3.05, 3.63) is 65.5 Å². The van der Waals surface area contributed by atoms with Crippen molar-refractivity contribution in [1.82, 2.24) is 4.98 Å². The van der Waals surface area contributed by atoms with E-state index in [4.69, 9.17) is 23.5 Å². The zero-order valence-corrected chi connectivity index (χ0v) is 16.6. The summed E-state index contributed by atoms with van der Waals surface area (Å²) in [6.45, 7) is 3.43. The van der Waals surface area contributed by atoms with Crippen molar-refractivity contribution in [3.63, 3.8) is 0 Å². The number of ether oxygens (including phenoxy) is 3. The van der Waals surface area contributed by atoms with Crippen LogP contribution in [0, 0.1) is 6.92 Å². The Kier molecular flexibility index (Phi) is 5.65. The third-order valence-corrected chi connectivity index (χ3v) is 4.46. The number of aryl methyl sites for hydroxylation is 1. The lowest BCUT2D eigenvalue weighted by Crippen LogP contribution is -2.12. The molecule has 30 heavy (non-hydrogen) atoms. The van der Waals surface area contributed by atoms with E-state index in [0.717, 1.165) is 11.1 Å². The first-order valence-corrected chi connectivity index (χ1v) is 9.34. The number of oxazole rings is 1. The molecule has 0 saturated heterocycles. The van der Waals surface area contributed by atoms with Crippen molar-refractivity contribution in [3.8, 4) is 23.0 Å². The van der Waals surface area contributed by atoms with E-state index in [2.05, 4.69) is 10.1 Å². The third kappa shape index (κ3) is 4.43. The maximum atomic E-state index is 12.0. The highest BCUT2D eigenvalue weighted by Gasteiger charge is 2.15. The van der Waals surface area contributed by atoms with Gasteiger partial charge in [0.15, 0.2) is 11.5 Å². The predicted molar refractivity (Wildman–Crippen MR) is 107 cm³/mol. The average Bonchev–Trinajstić information content (AvgIpc) is 3.38. The highest BCUT2D eigenvalue weighted by atomic mass is 16.7. The molecule has 0 bridgehead atoms. The van der Waals surface area contributed by atoms with E-state index in [-0.39, 0.29) is 20.0 Å². The van der Waals surface area contributed by atoms with Gasteiger partial charge in [-0.25, -0.2) is 9.78 Å². The summed E-state index contributed by atoms with van der Waals surface area (Å²) >= 11 is 0. The summed E-state index contributed by atoms with van der Waals surface area (Å²) in [5.41, 5.74) is 2.82. The Labute approximate surface area is 173 Å². The average molecular weight is 408 g/mol. The van der Waals surface area contributed by atoms with E-state index < -0.39 is 5.97 Å². The molecule has 0 aliphatic carbocycles. The Morgan fingerprint density at radius 3 is 2.77 bits per heavy atom. The van der Waals surface area contributed by atoms with Crippen molar-refractivity contribution in [2.75, 3.05) is 13.4 Å². The van der Waals surface area contributed by atoms with Gasteiger partial charge in [0, 0.05) is 11.1 Å². The molecule has 1 aromatic heterocycles. The van der Waals surface area contributed by atoms with Crippen LogP contribution in [0.4, 0.5) is 0 Å². The van der Waals surface area contributed by atoms with Crippen LogP contribution in [0.3, 0.4) is 0 Å². The normalized spacial score (nSPS) is 12.7. The molecule has 2 aromatic carbocycles. The van der Waals surface area contributed by atoms with Gasteiger partial charge in [0.2, 0.25) is 19.3 Å². The Hall–Kier alpha value is -3.81. The van der Waals surface area contributed by atoms with Crippen LogP contribution >= 0.6 is 0 Å². The van der Waals surface area contributed by atoms with Crippen LogP contribution in [0.1, 0.15) is 23.9 Å². The van der Waals surface area contributed by atoms with Gasteiger partial charge in [0.1, 0.15) is 18.1 Å². The van der Waals surface area contributed by atoms with Crippen LogP contribution < -0.4 is 9.47 Å². The van der Waals surface area contributed by atoms with Gasteiger partial charge in [0.25, 0.3) is 0 Å². The topological polar surface area (TPSA) is 92.4 Å². The van der Waals surface area contributed by atoms with Crippen molar-refractivity contribution >= 4 is 11.7 Å². The number of hydrogen-bond acceptors (Lipinski definition) is 8. The molecule has 8 nitrogen and oxygen atoms in total. The molecule has 0 spiro atoms. The molecule has 1 aliphatic rings. The van der Waals surface area contributed by atoms with Crippen LogP contribution in [0.5, 0.6) is 11.5 Å². The summed E-state index contributed by atoms with van der Waals surface area (Å²) < 4.78 is 21.5. The highest BCUT2D eigenvalue weighted by molar-refractivity contribution is 5.99. The van der Waals surface area contributed by atoms with Gasteiger partial charge in [-0.05, 0) is 44.2 Å². The van der Waals surface area contributed by atoms with Crippen molar-refractivity contribution in [2.24, 2.45) is 5.16 Å². The van der Waals surface area contributed by atoms with E-state index in [0.29, 0.717) is 34.6 Å². The van der Waals surface area contributed by atoms with Crippen LogP contribution in [-0.2, 0) is 21.0 Å². The van der Waals surface area contributed by atoms with Crippen LogP contribution in [0.2, 0.25) is 0 Å². The largest absolute Gasteiger partial charge is 0.456 e. The first-order chi connectivity index (χ1) is 14.6. The zero-order valence-electron chi connectivity index (χ0n) is 16.6. The van der Waals surface area contributed by atoms with Crippen LogP contribution in [0.25, 0.3) is 11.5 Å². The highest BCUT2D eigenvalue weighted by Crippen LogP contribution is 2.32. The number of aromatic nitrogens is 1. The van der Waals surface area contributed by atoms with Gasteiger partial charge >= 0.3 is 5.97 Å². The summed E-state index contributed by atoms with van der Waals surface area (Å²) in [6.07, 6.45) is 0. The molecule has 8 heteroatoms. The molecule has 154 valence electrons. The fourth-order valence-corrected chi connectivity index (χ4v) is 2.81. The third-order valence-electron chi connectivity index (χ3n) is 4.46. The molecule has 4 rings (SSSR count). The molecule has 0 saturated carbocycles. The Bertz CT molecular complexity index is 1070. The van der Waals surface area contributed by atoms with Crippen molar-refractivity contribution in [2.45, 2.75) is 20.5 Å². The van der Waals surface area contributed by atoms with Crippen LogP contribution in [0.15, 0.2) is 58.1 Å². The second-order valence-electron chi connectivity index (χ2n) is 6.57. The number of oxime groups is 1. The second kappa shape index (κ2) is 8.69. The lowest BCUT2D eigenvalue weighted by Gasteiger charge is -2.04. The number of carbonyl (C=O) groups is 1. The predicted octanol–water partition coefficient (Wildman–Crippen LogP) is 3.86. The molecule has 0 atom stereocenters. The number of rotatable bonds is 7. The van der Waals surface area contributed by atoms with E-state index in [1.165, 1.54) is 0 Å². The number of fused-ring (bicyclic) bond motifs is 1. The molecule has 0 unspecified atom stereocenters. The molecule has 1 aliphatic heterocycles. The Morgan fingerprint density at radius 2 is 1.93 bits per heavy atom. The maximum Gasteiger partial charge on any atom is 0.347 e. The lowest BCUT2D eigenvalue weighted by atomic mass is 10.1. The fourth-order valence-electron chi connectivity index (χ4n) is 2.81. The first kappa shape index (κ1) is 19.5. The fraction of sp³-hybridized carbons (Fsp3) is 0.227. The summed E-state index contributed by atoms with van der Waals surface area (Å²) in [5.74, 6) is 1.87. The summed E-state index contributed by atoms with van der Waals surface area (Å²) in [7, 11) is 0. The van der Waals surface area contributed by atoms with Crippen molar-refractivity contribution in [1.29, 1.82) is 0 Å². The minimum Gasteiger partial charge on any atom is -0.456 e. The molecule has 0 N–H and O–H groups in total. The monoisotopic (exact) mass is 408 g/mol. The molecular formula is C22H20N2O6. The molecule has 0 fully saturated rings. The Morgan fingerprint density at radius 1 is 1.13 bits per heavy atom. The molecule has 0 radical (unpaired) electrons. The molecule has 2 heterocycles. The van der Waals surface area contributed by atoms with Gasteiger partial charge in [-0.3, -0.25) is 0 Å². The number of hydrogen-bond donors (Lipinski definition) is 0. The van der Waals surface area contributed by atoms with Gasteiger partial charge in [-0.1, -0.05) is 23.4 Å². The van der Waals surface area contributed by atoms with E-state index in [1.54, 1.807) is 26.0 Å². The van der Waals surface area contributed by atoms with Gasteiger partial charge in [-0.2, -0.15) is 0 Å². The molecule has 0 amide bonds. The summed E-state index contributed by atoms with van der Waals surface area (Å²) in [4.78, 5) is 21.5. The first-order valence-electron chi connectivity index (χ1n) is 9.34. The minimum absolute atomic E-state index is 0.00474. The number of benzene rings is 2.